The monoisotopic (exact) mass is 279 g/mol. The zero-order valence-electron chi connectivity index (χ0n) is 10.9. The molecule has 2 rings (SSSR count). The molecule has 0 spiro atoms. The van der Waals surface area contributed by atoms with Crippen LogP contribution in [0.4, 0.5) is 5.13 Å². The minimum atomic E-state index is -0.513. The highest BCUT2D eigenvalue weighted by Gasteiger charge is 2.20. The summed E-state index contributed by atoms with van der Waals surface area (Å²) in [5, 5.41) is 5.11. The summed E-state index contributed by atoms with van der Waals surface area (Å²) in [5.74, 6) is 0.627. The zero-order valence-corrected chi connectivity index (χ0v) is 11.7. The van der Waals surface area contributed by atoms with Gasteiger partial charge in [-0.3, -0.25) is 4.79 Å². The van der Waals surface area contributed by atoms with E-state index in [2.05, 4.69) is 10.3 Å². The van der Waals surface area contributed by atoms with E-state index in [-0.39, 0.29) is 11.8 Å². The smallest absolute Gasteiger partial charge is 0.243 e. The van der Waals surface area contributed by atoms with E-state index in [4.69, 9.17) is 10.2 Å². The molecule has 0 aliphatic heterocycles. The van der Waals surface area contributed by atoms with Crippen LogP contribution in [-0.4, -0.2) is 16.9 Å². The molecule has 2 aromatic heterocycles. The molecule has 0 saturated heterocycles. The van der Waals surface area contributed by atoms with Crippen molar-refractivity contribution in [3.63, 3.8) is 0 Å². The molecule has 2 heterocycles. The van der Waals surface area contributed by atoms with Gasteiger partial charge < -0.3 is 15.5 Å². The molecule has 2 aromatic rings. The Kier molecular flexibility index (Phi) is 4.34. The molecule has 5 nitrogen and oxygen atoms in total. The van der Waals surface area contributed by atoms with Gasteiger partial charge in [-0.05, 0) is 18.1 Å². The lowest BCUT2D eigenvalue weighted by atomic mass is 10.00. The number of nitrogens with two attached hydrogens (primary N) is 1. The van der Waals surface area contributed by atoms with Gasteiger partial charge in [0.25, 0.3) is 0 Å². The fourth-order valence-corrected chi connectivity index (χ4v) is 2.27. The lowest BCUT2D eigenvalue weighted by Crippen LogP contribution is -2.40. The third-order valence-electron chi connectivity index (χ3n) is 3.07. The first-order valence-corrected chi connectivity index (χ1v) is 7.05. The van der Waals surface area contributed by atoms with Crippen molar-refractivity contribution in [1.82, 2.24) is 4.98 Å². The van der Waals surface area contributed by atoms with Crippen molar-refractivity contribution < 1.29 is 9.21 Å². The number of nitrogens with zero attached hydrogens (tertiary/aromatic N) is 1. The van der Waals surface area contributed by atoms with E-state index in [0.29, 0.717) is 16.6 Å². The van der Waals surface area contributed by atoms with E-state index in [1.165, 1.54) is 11.3 Å². The topological polar surface area (TPSA) is 81.2 Å². The van der Waals surface area contributed by atoms with Crippen LogP contribution in [0.5, 0.6) is 0 Å². The first-order chi connectivity index (χ1) is 9.11. The molecule has 0 fully saturated rings. The minimum Gasteiger partial charge on any atom is -0.463 e. The molecule has 0 aliphatic rings. The summed E-state index contributed by atoms with van der Waals surface area (Å²) in [6, 6.07) is 3.11. The molecule has 3 N–H and O–H groups in total. The number of carbonyl (C=O) groups excluding carboxylic acids is 1. The number of amides is 1. The van der Waals surface area contributed by atoms with Crippen LogP contribution in [0.3, 0.4) is 0 Å². The van der Waals surface area contributed by atoms with E-state index >= 15 is 0 Å². The van der Waals surface area contributed by atoms with E-state index in [0.717, 1.165) is 6.42 Å². The molecular formula is C13H17N3O2S. The molecular weight excluding hydrogens is 262 g/mol. The van der Waals surface area contributed by atoms with Crippen molar-refractivity contribution in [3.05, 3.63) is 23.8 Å². The molecule has 19 heavy (non-hydrogen) atoms. The van der Waals surface area contributed by atoms with Gasteiger partial charge in [-0.15, -0.1) is 11.3 Å². The Morgan fingerprint density at radius 2 is 2.42 bits per heavy atom. The lowest BCUT2D eigenvalue weighted by molar-refractivity contribution is -0.118. The second-order valence-electron chi connectivity index (χ2n) is 4.42. The predicted octanol–water partition coefficient (Wildman–Crippen LogP) is 2.72. The van der Waals surface area contributed by atoms with Gasteiger partial charge in [0.05, 0.1) is 12.3 Å². The zero-order chi connectivity index (χ0) is 13.8. The number of anilines is 1. The fraction of sp³-hybridized carbons (Fsp3) is 0.385. The van der Waals surface area contributed by atoms with Gasteiger partial charge in [0, 0.05) is 5.38 Å². The SMILES string of the molecule is CCC(C)C(N)C(=O)Nc1nc(-c2ccco2)cs1. The summed E-state index contributed by atoms with van der Waals surface area (Å²) in [7, 11) is 0. The maximum Gasteiger partial charge on any atom is 0.243 e. The predicted molar refractivity (Wildman–Crippen MR) is 75.9 cm³/mol. The van der Waals surface area contributed by atoms with Crippen LogP contribution in [0.25, 0.3) is 11.5 Å². The molecule has 6 heteroatoms. The van der Waals surface area contributed by atoms with Gasteiger partial charge in [0.2, 0.25) is 5.91 Å². The number of hydrogen-bond donors (Lipinski definition) is 2. The second kappa shape index (κ2) is 5.99. The van der Waals surface area contributed by atoms with Crippen molar-refractivity contribution in [2.75, 3.05) is 5.32 Å². The summed E-state index contributed by atoms with van der Waals surface area (Å²) < 4.78 is 5.25. The first-order valence-electron chi connectivity index (χ1n) is 6.17. The first kappa shape index (κ1) is 13.8. The second-order valence-corrected chi connectivity index (χ2v) is 5.27. The Bertz CT molecular complexity index is 536. The van der Waals surface area contributed by atoms with E-state index in [1.54, 1.807) is 12.3 Å². The molecule has 0 saturated carbocycles. The largest absolute Gasteiger partial charge is 0.463 e. The Morgan fingerprint density at radius 1 is 1.63 bits per heavy atom. The summed E-state index contributed by atoms with van der Waals surface area (Å²) in [6.07, 6.45) is 2.45. The molecule has 102 valence electrons. The standard InChI is InChI=1S/C13H17N3O2S/c1-3-8(2)11(14)12(17)16-13-15-9(7-19-13)10-5-4-6-18-10/h4-8,11H,3,14H2,1-2H3,(H,15,16,17). The summed E-state index contributed by atoms with van der Waals surface area (Å²) in [6.45, 7) is 3.97. The molecule has 0 aromatic carbocycles. The Labute approximate surface area is 115 Å². The van der Waals surface area contributed by atoms with Crippen LogP contribution in [0, 0.1) is 5.92 Å². The fourth-order valence-electron chi connectivity index (χ4n) is 1.57. The van der Waals surface area contributed by atoms with Crippen molar-refractivity contribution in [1.29, 1.82) is 0 Å². The van der Waals surface area contributed by atoms with Crippen molar-refractivity contribution in [2.45, 2.75) is 26.3 Å². The van der Waals surface area contributed by atoms with Gasteiger partial charge in [-0.1, -0.05) is 20.3 Å². The average Bonchev–Trinajstić information content (AvgIpc) is 3.06. The summed E-state index contributed by atoms with van der Waals surface area (Å²) >= 11 is 1.35. The van der Waals surface area contributed by atoms with Crippen molar-refractivity contribution in [3.8, 4) is 11.5 Å². The van der Waals surface area contributed by atoms with E-state index < -0.39 is 6.04 Å². The molecule has 2 unspecified atom stereocenters. The number of aromatic nitrogens is 1. The van der Waals surface area contributed by atoms with Crippen molar-refractivity contribution in [2.24, 2.45) is 11.7 Å². The van der Waals surface area contributed by atoms with Crippen LogP contribution in [0.2, 0.25) is 0 Å². The van der Waals surface area contributed by atoms with Gasteiger partial charge in [0.15, 0.2) is 10.9 Å². The maximum absolute atomic E-state index is 11.9. The van der Waals surface area contributed by atoms with Gasteiger partial charge in [0.1, 0.15) is 5.69 Å². The Morgan fingerprint density at radius 3 is 3.05 bits per heavy atom. The lowest BCUT2D eigenvalue weighted by Gasteiger charge is -2.16. The van der Waals surface area contributed by atoms with Crippen LogP contribution in [-0.2, 0) is 4.79 Å². The van der Waals surface area contributed by atoms with Gasteiger partial charge >= 0.3 is 0 Å². The molecule has 0 aliphatic carbocycles. The number of furan rings is 1. The number of rotatable bonds is 5. The minimum absolute atomic E-state index is 0.143. The van der Waals surface area contributed by atoms with Gasteiger partial charge in [-0.2, -0.15) is 0 Å². The summed E-state index contributed by atoms with van der Waals surface area (Å²) in [5.41, 5.74) is 6.58. The van der Waals surface area contributed by atoms with E-state index in [1.807, 2.05) is 25.3 Å². The van der Waals surface area contributed by atoms with Crippen LogP contribution in [0.15, 0.2) is 28.2 Å². The quantitative estimate of drug-likeness (QED) is 0.881. The molecule has 0 bridgehead atoms. The Balaban J connectivity index is 2.02. The highest BCUT2D eigenvalue weighted by Crippen LogP contribution is 2.25. The van der Waals surface area contributed by atoms with Crippen LogP contribution in [0.1, 0.15) is 20.3 Å². The molecule has 0 radical (unpaired) electrons. The number of thiazole rings is 1. The van der Waals surface area contributed by atoms with Crippen LogP contribution < -0.4 is 11.1 Å². The van der Waals surface area contributed by atoms with Gasteiger partial charge in [-0.25, -0.2) is 4.98 Å². The molecule has 1 amide bonds. The number of nitrogens with one attached hydrogen (secondary N) is 1. The average molecular weight is 279 g/mol. The van der Waals surface area contributed by atoms with E-state index in [9.17, 15) is 4.79 Å². The highest BCUT2D eigenvalue weighted by atomic mass is 32.1. The highest BCUT2D eigenvalue weighted by molar-refractivity contribution is 7.14. The number of hydrogen-bond acceptors (Lipinski definition) is 5. The van der Waals surface area contributed by atoms with Crippen LogP contribution >= 0.6 is 11.3 Å². The maximum atomic E-state index is 11.9. The number of carbonyl (C=O) groups is 1. The third kappa shape index (κ3) is 3.21. The normalized spacial score (nSPS) is 14.1. The third-order valence-corrected chi connectivity index (χ3v) is 3.83. The molecule has 2 atom stereocenters. The summed E-state index contributed by atoms with van der Waals surface area (Å²) in [4.78, 5) is 16.2. The Hall–Kier alpha value is -1.66. The van der Waals surface area contributed by atoms with Crippen molar-refractivity contribution >= 4 is 22.4 Å².